The van der Waals surface area contributed by atoms with Crippen molar-refractivity contribution in [2.75, 3.05) is 45.9 Å². The number of ketones is 1. The topological polar surface area (TPSA) is 53.1 Å². The molecule has 0 N–H and O–H groups in total. The zero-order chi connectivity index (χ0) is 22.8. The third kappa shape index (κ3) is 4.93. The van der Waals surface area contributed by atoms with Gasteiger partial charge in [-0.3, -0.25) is 9.69 Å². The molecule has 3 saturated heterocycles. The van der Waals surface area contributed by atoms with Crippen LogP contribution in [-0.4, -0.2) is 78.5 Å². The van der Waals surface area contributed by atoms with E-state index in [9.17, 15) is 9.59 Å². The van der Waals surface area contributed by atoms with Crippen LogP contribution < -0.4 is 0 Å². The van der Waals surface area contributed by atoms with Crippen molar-refractivity contribution in [3.63, 3.8) is 0 Å². The van der Waals surface area contributed by atoms with Crippen LogP contribution in [0.25, 0.3) is 0 Å². The number of urea groups is 1. The SMILES string of the molecule is O=C1CO[C@H]2CCN(C(=O)N3CCN(C(c4ccccc4)c4ccc(Cl)cc4)CC3)C[C@H]2C1. The summed E-state index contributed by atoms with van der Waals surface area (Å²) in [5, 5.41) is 0.731. The van der Waals surface area contributed by atoms with Gasteiger partial charge in [0, 0.05) is 56.6 Å². The molecule has 0 aromatic heterocycles. The van der Waals surface area contributed by atoms with E-state index in [-0.39, 0.29) is 36.5 Å². The summed E-state index contributed by atoms with van der Waals surface area (Å²) in [6, 6.07) is 18.8. The molecule has 1 unspecified atom stereocenters. The third-order valence-corrected chi connectivity index (χ3v) is 7.39. The van der Waals surface area contributed by atoms with Crippen LogP contribution in [0.1, 0.15) is 30.0 Å². The molecule has 0 radical (unpaired) electrons. The molecule has 3 heterocycles. The fourth-order valence-electron chi connectivity index (χ4n) is 5.42. The predicted octanol–water partition coefficient (Wildman–Crippen LogP) is 3.85. The second-order valence-electron chi connectivity index (χ2n) is 9.26. The molecule has 3 fully saturated rings. The Bertz CT molecular complexity index is 976. The minimum atomic E-state index is 0.0916. The molecular weight excluding hydrogens is 438 g/mol. The number of halogens is 1. The maximum Gasteiger partial charge on any atom is 0.320 e. The fraction of sp³-hybridized carbons (Fsp3) is 0.462. The van der Waals surface area contributed by atoms with Gasteiger partial charge in [-0.15, -0.1) is 0 Å². The van der Waals surface area contributed by atoms with Crippen LogP contribution in [0, 0.1) is 5.92 Å². The molecule has 0 aliphatic carbocycles. The number of benzene rings is 2. The Labute approximate surface area is 200 Å². The molecule has 174 valence electrons. The van der Waals surface area contributed by atoms with Gasteiger partial charge >= 0.3 is 6.03 Å². The molecule has 5 rings (SSSR count). The molecule has 0 spiro atoms. The first-order chi connectivity index (χ1) is 16.1. The van der Waals surface area contributed by atoms with E-state index < -0.39 is 0 Å². The van der Waals surface area contributed by atoms with Gasteiger partial charge in [-0.05, 0) is 29.7 Å². The maximum atomic E-state index is 13.3. The van der Waals surface area contributed by atoms with Crippen molar-refractivity contribution in [1.29, 1.82) is 0 Å². The quantitative estimate of drug-likeness (QED) is 0.688. The summed E-state index contributed by atoms with van der Waals surface area (Å²) < 4.78 is 5.68. The molecule has 0 saturated carbocycles. The molecular formula is C26H30ClN3O3. The van der Waals surface area contributed by atoms with Gasteiger partial charge in [0.25, 0.3) is 0 Å². The number of hydrogen-bond donors (Lipinski definition) is 0. The summed E-state index contributed by atoms with van der Waals surface area (Å²) in [6.07, 6.45) is 1.47. The number of piperidine rings is 1. The lowest BCUT2D eigenvalue weighted by Gasteiger charge is -2.44. The Hall–Kier alpha value is -2.41. The van der Waals surface area contributed by atoms with Gasteiger partial charge in [0.05, 0.1) is 12.1 Å². The molecule has 3 aliphatic rings. The second kappa shape index (κ2) is 9.84. The molecule has 0 bridgehead atoms. The highest BCUT2D eigenvalue weighted by Crippen LogP contribution is 2.31. The lowest BCUT2D eigenvalue weighted by Crippen LogP contribution is -2.57. The summed E-state index contributed by atoms with van der Waals surface area (Å²) in [4.78, 5) is 31.4. The van der Waals surface area contributed by atoms with Crippen LogP contribution in [0.4, 0.5) is 4.79 Å². The van der Waals surface area contributed by atoms with Crippen molar-refractivity contribution < 1.29 is 14.3 Å². The van der Waals surface area contributed by atoms with Crippen molar-refractivity contribution in [2.24, 2.45) is 5.92 Å². The normalized spacial score (nSPS) is 24.9. The largest absolute Gasteiger partial charge is 0.370 e. The summed E-state index contributed by atoms with van der Waals surface area (Å²) in [6.45, 7) is 4.53. The van der Waals surface area contributed by atoms with Crippen LogP contribution in [0.5, 0.6) is 0 Å². The highest BCUT2D eigenvalue weighted by molar-refractivity contribution is 6.30. The predicted molar refractivity (Wildman–Crippen MR) is 127 cm³/mol. The number of likely N-dealkylation sites (tertiary alicyclic amines) is 1. The molecule has 2 amide bonds. The summed E-state index contributed by atoms with van der Waals surface area (Å²) in [5.41, 5.74) is 2.44. The van der Waals surface area contributed by atoms with Crippen LogP contribution in [-0.2, 0) is 9.53 Å². The van der Waals surface area contributed by atoms with Crippen LogP contribution in [0.2, 0.25) is 5.02 Å². The number of amides is 2. The van der Waals surface area contributed by atoms with E-state index in [0.717, 1.165) is 24.5 Å². The summed E-state index contributed by atoms with van der Waals surface area (Å²) in [5.74, 6) is 0.283. The van der Waals surface area contributed by atoms with Crippen molar-refractivity contribution in [1.82, 2.24) is 14.7 Å². The Morgan fingerprint density at radius 1 is 0.909 bits per heavy atom. The highest BCUT2D eigenvalue weighted by Gasteiger charge is 2.38. The van der Waals surface area contributed by atoms with E-state index in [0.29, 0.717) is 32.6 Å². The number of fused-ring (bicyclic) bond motifs is 1. The molecule has 33 heavy (non-hydrogen) atoms. The molecule has 3 aliphatic heterocycles. The van der Waals surface area contributed by atoms with Crippen LogP contribution in [0.3, 0.4) is 0 Å². The number of ether oxygens (including phenoxy) is 1. The summed E-state index contributed by atoms with van der Waals surface area (Å²) in [7, 11) is 0. The van der Waals surface area contributed by atoms with Gasteiger partial charge in [0.2, 0.25) is 0 Å². The first kappa shape index (κ1) is 22.4. The van der Waals surface area contributed by atoms with E-state index in [1.807, 2.05) is 28.0 Å². The maximum absolute atomic E-state index is 13.3. The van der Waals surface area contributed by atoms with E-state index in [2.05, 4.69) is 41.3 Å². The minimum absolute atomic E-state index is 0.0916. The number of Topliss-reactive ketones (excluding diaryl/α,β-unsaturated/α-hetero) is 1. The summed E-state index contributed by atoms with van der Waals surface area (Å²) >= 11 is 6.14. The Morgan fingerprint density at radius 2 is 1.61 bits per heavy atom. The van der Waals surface area contributed by atoms with Gasteiger partial charge < -0.3 is 14.5 Å². The van der Waals surface area contributed by atoms with E-state index in [1.54, 1.807) is 0 Å². The van der Waals surface area contributed by atoms with Gasteiger partial charge in [0.1, 0.15) is 6.61 Å². The van der Waals surface area contributed by atoms with E-state index in [1.165, 1.54) is 11.1 Å². The molecule has 6 nitrogen and oxygen atoms in total. The van der Waals surface area contributed by atoms with Crippen molar-refractivity contribution in [3.8, 4) is 0 Å². The smallest absolute Gasteiger partial charge is 0.320 e. The Morgan fingerprint density at radius 3 is 2.33 bits per heavy atom. The highest BCUT2D eigenvalue weighted by atomic mass is 35.5. The number of hydrogen-bond acceptors (Lipinski definition) is 4. The zero-order valence-electron chi connectivity index (χ0n) is 18.7. The van der Waals surface area contributed by atoms with Crippen molar-refractivity contribution in [3.05, 3.63) is 70.7 Å². The van der Waals surface area contributed by atoms with Gasteiger partial charge in [-0.1, -0.05) is 54.1 Å². The first-order valence-electron chi connectivity index (χ1n) is 11.8. The average Bonchev–Trinajstić information content (AvgIpc) is 2.85. The van der Waals surface area contributed by atoms with Crippen LogP contribution in [0.15, 0.2) is 54.6 Å². The number of carbonyl (C=O) groups is 2. The van der Waals surface area contributed by atoms with Gasteiger partial charge in [-0.25, -0.2) is 4.79 Å². The Balaban J connectivity index is 1.25. The minimum Gasteiger partial charge on any atom is -0.370 e. The second-order valence-corrected chi connectivity index (χ2v) is 9.69. The molecule has 7 heteroatoms. The van der Waals surface area contributed by atoms with Gasteiger partial charge in [0.15, 0.2) is 5.78 Å². The van der Waals surface area contributed by atoms with E-state index >= 15 is 0 Å². The van der Waals surface area contributed by atoms with E-state index in [4.69, 9.17) is 16.3 Å². The average molecular weight is 468 g/mol. The number of rotatable bonds is 3. The first-order valence-corrected chi connectivity index (χ1v) is 12.2. The monoisotopic (exact) mass is 467 g/mol. The lowest BCUT2D eigenvalue weighted by molar-refractivity contribution is -0.140. The van der Waals surface area contributed by atoms with Crippen molar-refractivity contribution >= 4 is 23.4 Å². The Kier molecular flexibility index (Phi) is 6.67. The standard InChI is InChI=1S/C26H30ClN3O3/c27-22-8-6-20(7-9-22)25(19-4-2-1-3-5-19)28-12-14-29(15-13-28)26(32)30-11-10-24-21(17-30)16-23(31)18-33-24/h1-9,21,24-25H,10-18H2/t21-,24+,25?/m1/s1. The third-order valence-electron chi connectivity index (χ3n) is 7.13. The molecule has 3 atom stereocenters. The molecule has 2 aromatic carbocycles. The van der Waals surface area contributed by atoms with Crippen LogP contribution >= 0.6 is 11.6 Å². The number of carbonyl (C=O) groups excluding carboxylic acids is 2. The van der Waals surface area contributed by atoms with Crippen molar-refractivity contribution in [2.45, 2.75) is 25.0 Å². The number of nitrogens with zero attached hydrogens (tertiary/aromatic N) is 3. The van der Waals surface area contributed by atoms with Gasteiger partial charge in [-0.2, -0.15) is 0 Å². The number of piperazine rings is 1. The lowest BCUT2D eigenvalue weighted by atomic mass is 9.88. The molecule has 2 aromatic rings. The fourth-order valence-corrected chi connectivity index (χ4v) is 5.54. The zero-order valence-corrected chi connectivity index (χ0v) is 19.5.